The molecule has 0 fully saturated rings. The van der Waals surface area contributed by atoms with Crippen molar-refractivity contribution in [3.8, 4) is 0 Å². The number of benzene rings is 1. The molecule has 0 saturated heterocycles. The minimum Gasteiger partial charge on any atom is -0.396 e. The Labute approximate surface area is 139 Å². The number of rotatable bonds is 8. The summed E-state index contributed by atoms with van der Waals surface area (Å²) in [6.45, 7) is 0.203. The molecule has 2 rings (SSSR count). The highest BCUT2D eigenvalue weighted by Crippen LogP contribution is 2.18. The van der Waals surface area contributed by atoms with Crippen LogP contribution in [0.25, 0.3) is 0 Å². The van der Waals surface area contributed by atoms with Crippen LogP contribution in [0.2, 0.25) is 0 Å². The van der Waals surface area contributed by atoms with E-state index in [-0.39, 0.29) is 37.1 Å². The molecule has 7 nitrogen and oxygen atoms in total. The number of pyridine rings is 1. The van der Waals surface area contributed by atoms with E-state index in [0.29, 0.717) is 12.0 Å². The molecule has 24 heavy (non-hydrogen) atoms. The molecule has 0 aliphatic heterocycles. The lowest BCUT2D eigenvalue weighted by molar-refractivity contribution is -0.385. The van der Waals surface area contributed by atoms with Crippen molar-refractivity contribution < 1.29 is 14.8 Å². The highest BCUT2D eigenvalue weighted by molar-refractivity contribution is 5.79. The molecule has 1 amide bonds. The largest absolute Gasteiger partial charge is 0.396 e. The van der Waals surface area contributed by atoms with Crippen molar-refractivity contribution in [3.63, 3.8) is 0 Å². The molecule has 0 bridgehead atoms. The third kappa shape index (κ3) is 5.13. The van der Waals surface area contributed by atoms with Gasteiger partial charge in [-0.05, 0) is 18.6 Å². The Kier molecular flexibility index (Phi) is 6.39. The number of nitro benzene ring substituents is 1. The second kappa shape index (κ2) is 8.73. The number of carbonyl (C=O) groups excluding carboxylic acids is 1. The molecule has 1 atom stereocenters. The topological polar surface area (TPSA) is 105 Å². The Morgan fingerprint density at radius 3 is 2.67 bits per heavy atom. The van der Waals surface area contributed by atoms with Crippen molar-refractivity contribution in [2.75, 3.05) is 13.2 Å². The summed E-state index contributed by atoms with van der Waals surface area (Å²) in [5.74, 6) is -0.474. The van der Waals surface area contributed by atoms with Gasteiger partial charge in [-0.1, -0.05) is 24.3 Å². The fourth-order valence-corrected chi connectivity index (χ4v) is 2.35. The Bertz CT molecular complexity index is 691. The summed E-state index contributed by atoms with van der Waals surface area (Å²) >= 11 is 0. The molecule has 0 aliphatic rings. The fraction of sp³-hybridized carbons (Fsp3) is 0.294. The lowest BCUT2D eigenvalue weighted by atomic mass is 10.0. The molecule has 1 aromatic heterocycles. The van der Waals surface area contributed by atoms with Gasteiger partial charge in [-0.15, -0.1) is 0 Å². The number of nitrogens with one attached hydrogen (secondary N) is 1. The van der Waals surface area contributed by atoms with Gasteiger partial charge in [-0.3, -0.25) is 19.9 Å². The maximum Gasteiger partial charge on any atom is 0.273 e. The first-order valence-electron chi connectivity index (χ1n) is 7.60. The van der Waals surface area contributed by atoms with Crippen LogP contribution in [0.3, 0.4) is 0 Å². The summed E-state index contributed by atoms with van der Waals surface area (Å²) in [5.41, 5.74) is 1.13. The van der Waals surface area contributed by atoms with E-state index < -0.39 is 4.92 Å². The number of carbonyl (C=O) groups is 1. The molecule has 0 saturated carbocycles. The number of amides is 1. The number of nitro groups is 1. The zero-order valence-electron chi connectivity index (χ0n) is 13.1. The molecule has 2 N–H and O–H groups in total. The number of nitrogens with zero attached hydrogens (tertiary/aromatic N) is 2. The van der Waals surface area contributed by atoms with E-state index in [1.807, 2.05) is 18.2 Å². The smallest absolute Gasteiger partial charge is 0.273 e. The van der Waals surface area contributed by atoms with E-state index in [0.717, 1.165) is 5.69 Å². The third-order valence-corrected chi connectivity index (χ3v) is 3.61. The van der Waals surface area contributed by atoms with Crippen LogP contribution in [0.1, 0.15) is 11.3 Å². The second-order valence-electron chi connectivity index (χ2n) is 5.44. The molecule has 1 unspecified atom stereocenters. The molecular weight excluding hydrogens is 310 g/mol. The molecule has 0 spiro atoms. The monoisotopic (exact) mass is 329 g/mol. The second-order valence-corrected chi connectivity index (χ2v) is 5.44. The summed E-state index contributed by atoms with van der Waals surface area (Å²) in [4.78, 5) is 26.7. The number of hydrogen-bond acceptors (Lipinski definition) is 5. The molecule has 1 heterocycles. The van der Waals surface area contributed by atoms with Crippen molar-refractivity contribution >= 4 is 11.6 Å². The average molecular weight is 329 g/mol. The van der Waals surface area contributed by atoms with Crippen molar-refractivity contribution in [1.29, 1.82) is 0 Å². The van der Waals surface area contributed by atoms with Crippen molar-refractivity contribution in [2.24, 2.45) is 5.92 Å². The van der Waals surface area contributed by atoms with Crippen molar-refractivity contribution in [3.05, 3.63) is 70.0 Å². The van der Waals surface area contributed by atoms with Gasteiger partial charge in [-0.2, -0.15) is 0 Å². The van der Waals surface area contributed by atoms with Crippen LogP contribution >= 0.6 is 0 Å². The average Bonchev–Trinajstić information content (AvgIpc) is 2.59. The quantitative estimate of drug-likeness (QED) is 0.564. The number of aliphatic hydroxyl groups is 1. The number of aromatic nitrogens is 1. The first kappa shape index (κ1) is 17.6. The summed E-state index contributed by atoms with van der Waals surface area (Å²) in [6.07, 6.45) is 2.15. The van der Waals surface area contributed by atoms with Crippen LogP contribution in [0.5, 0.6) is 0 Å². The number of aliphatic hydroxyl groups excluding tert-OH is 1. The van der Waals surface area contributed by atoms with Crippen molar-refractivity contribution in [2.45, 2.75) is 12.8 Å². The highest BCUT2D eigenvalue weighted by Gasteiger charge is 2.16. The molecule has 0 aliphatic carbocycles. The minimum atomic E-state index is -0.500. The van der Waals surface area contributed by atoms with Crippen LogP contribution in [0, 0.1) is 16.0 Å². The number of hydrogen-bond donors (Lipinski definition) is 2. The first-order chi connectivity index (χ1) is 11.6. The standard InChI is InChI=1S/C17H19N3O4/c21-12-13(9-15-6-3-4-8-18-15)11-19-17(22)10-14-5-1-2-7-16(14)20(23)24/h1-8,13,21H,9-12H2,(H,19,22). The predicted molar refractivity (Wildman–Crippen MR) is 88.3 cm³/mol. The summed E-state index contributed by atoms with van der Waals surface area (Å²) in [7, 11) is 0. The van der Waals surface area contributed by atoms with Crippen LogP contribution in [-0.4, -0.2) is 34.1 Å². The third-order valence-electron chi connectivity index (χ3n) is 3.61. The van der Waals surface area contributed by atoms with Crippen LogP contribution in [0.15, 0.2) is 48.7 Å². The lowest BCUT2D eigenvalue weighted by Crippen LogP contribution is -2.33. The zero-order valence-corrected chi connectivity index (χ0v) is 13.1. The lowest BCUT2D eigenvalue weighted by Gasteiger charge is -2.14. The first-order valence-corrected chi connectivity index (χ1v) is 7.60. The highest BCUT2D eigenvalue weighted by atomic mass is 16.6. The Morgan fingerprint density at radius 2 is 2.00 bits per heavy atom. The summed E-state index contributed by atoms with van der Waals surface area (Å²) < 4.78 is 0. The Morgan fingerprint density at radius 1 is 1.25 bits per heavy atom. The SMILES string of the molecule is O=C(Cc1ccccc1[N+](=O)[O-])NCC(CO)Cc1ccccn1. The van der Waals surface area contributed by atoms with E-state index >= 15 is 0 Å². The van der Waals surface area contributed by atoms with Gasteiger partial charge >= 0.3 is 0 Å². The fourth-order valence-electron chi connectivity index (χ4n) is 2.35. The van der Waals surface area contributed by atoms with E-state index in [1.54, 1.807) is 24.4 Å². The predicted octanol–water partition coefficient (Wildman–Crippen LogP) is 1.50. The maximum atomic E-state index is 12.0. The molecule has 2 aromatic rings. The minimum absolute atomic E-state index is 0.0696. The van der Waals surface area contributed by atoms with Gasteiger partial charge in [0.2, 0.25) is 5.91 Å². The molecule has 7 heteroatoms. The van der Waals surface area contributed by atoms with E-state index in [1.165, 1.54) is 6.07 Å². The van der Waals surface area contributed by atoms with Gasteiger partial charge in [0.1, 0.15) is 0 Å². The van der Waals surface area contributed by atoms with Crippen molar-refractivity contribution in [1.82, 2.24) is 10.3 Å². The maximum absolute atomic E-state index is 12.0. The molecule has 126 valence electrons. The summed E-state index contributed by atoms with van der Waals surface area (Å²) in [6, 6.07) is 11.7. The van der Waals surface area contributed by atoms with E-state index in [4.69, 9.17) is 0 Å². The molecular formula is C17H19N3O4. The van der Waals surface area contributed by atoms with Gasteiger partial charge in [0.25, 0.3) is 5.69 Å². The van der Waals surface area contributed by atoms with Gasteiger partial charge in [0, 0.05) is 42.6 Å². The van der Waals surface area contributed by atoms with Gasteiger partial charge in [0.05, 0.1) is 11.3 Å². The van der Waals surface area contributed by atoms with E-state index in [9.17, 15) is 20.0 Å². The Balaban J connectivity index is 1.89. The normalized spacial score (nSPS) is 11.7. The molecule has 0 radical (unpaired) electrons. The Hall–Kier alpha value is -2.80. The summed E-state index contributed by atoms with van der Waals surface area (Å²) in [5, 5.41) is 23.1. The van der Waals surface area contributed by atoms with Gasteiger partial charge < -0.3 is 10.4 Å². The molecule has 1 aromatic carbocycles. The zero-order chi connectivity index (χ0) is 17.4. The van der Waals surface area contributed by atoms with Gasteiger partial charge in [0.15, 0.2) is 0 Å². The van der Waals surface area contributed by atoms with Crippen LogP contribution in [-0.2, 0) is 17.6 Å². The van der Waals surface area contributed by atoms with E-state index in [2.05, 4.69) is 10.3 Å². The number of para-hydroxylation sites is 1. The van der Waals surface area contributed by atoms with Crippen LogP contribution in [0.4, 0.5) is 5.69 Å². The van der Waals surface area contributed by atoms with Gasteiger partial charge in [-0.25, -0.2) is 0 Å². The van der Waals surface area contributed by atoms with Crippen LogP contribution < -0.4 is 5.32 Å².